The highest BCUT2D eigenvalue weighted by atomic mass is 35.5. The van der Waals surface area contributed by atoms with Gasteiger partial charge in [0.05, 0.1) is 6.61 Å². The van der Waals surface area contributed by atoms with Crippen molar-refractivity contribution in [2.45, 2.75) is 18.6 Å². The molecule has 4 nitrogen and oxygen atoms in total. The molecular weight excluding hydrogens is 361 g/mol. The third-order valence-electron chi connectivity index (χ3n) is 3.53. The number of aromatic nitrogens is 3. The van der Waals surface area contributed by atoms with E-state index in [0.717, 1.165) is 28.8 Å². The predicted octanol–water partition coefficient (Wildman–Crippen LogP) is 4.93. The van der Waals surface area contributed by atoms with Gasteiger partial charge in [-0.05, 0) is 55.5 Å². The summed E-state index contributed by atoms with van der Waals surface area (Å²) in [6.45, 7) is 3.33. The molecule has 0 spiro atoms. The lowest BCUT2D eigenvalue weighted by Gasteiger charge is -2.08. The Morgan fingerprint density at radius 1 is 1.08 bits per heavy atom. The molecule has 0 bridgehead atoms. The summed E-state index contributed by atoms with van der Waals surface area (Å²) in [4.78, 5) is 0. The lowest BCUT2D eigenvalue weighted by Crippen LogP contribution is -2.03. The van der Waals surface area contributed by atoms with Gasteiger partial charge in [-0.15, -0.1) is 10.2 Å². The maximum absolute atomic E-state index is 12.9. The largest absolute Gasteiger partial charge is 0.493 e. The Bertz CT molecular complexity index is 821. The molecule has 0 aliphatic heterocycles. The van der Waals surface area contributed by atoms with E-state index in [2.05, 4.69) is 21.7 Å². The van der Waals surface area contributed by atoms with E-state index < -0.39 is 0 Å². The summed E-state index contributed by atoms with van der Waals surface area (Å²) >= 11 is 7.52. The molecular formula is C18H17ClFN3OS. The fraction of sp³-hybridized carbons (Fsp3) is 0.222. The fourth-order valence-corrected chi connectivity index (χ4v) is 3.26. The summed E-state index contributed by atoms with van der Waals surface area (Å²) in [7, 11) is 0. The van der Waals surface area contributed by atoms with Crippen LogP contribution in [-0.4, -0.2) is 27.1 Å². The van der Waals surface area contributed by atoms with Gasteiger partial charge in [0.15, 0.2) is 11.0 Å². The lowest BCUT2D eigenvalue weighted by molar-refractivity contribution is 0.343. The van der Waals surface area contributed by atoms with Gasteiger partial charge in [0.25, 0.3) is 0 Å². The van der Waals surface area contributed by atoms with E-state index in [1.807, 2.05) is 24.3 Å². The first kappa shape index (κ1) is 17.8. The van der Waals surface area contributed by atoms with E-state index >= 15 is 0 Å². The van der Waals surface area contributed by atoms with Crippen LogP contribution in [0.3, 0.4) is 0 Å². The Kier molecular flexibility index (Phi) is 5.94. The van der Waals surface area contributed by atoms with E-state index in [0.29, 0.717) is 17.4 Å². The minimum Gasteiger partial charge on any atom is -0.493 e. The molecule has 0 N–H and O–H groups in total. The average Bonchev–Trinajstić information content (AvgIpc) is 3.04. The molecule has 0 atom stereocenters. The lowest BCUT2D eigenvalue weighted by atomic mass is 10.2. The fourth-order valence-electron chi connectivity index (χ4n) is 2.32. The van der Waals surface area contributed by atoms with Gasteiger partial charge < -0.3 is 9.30 Å². The highest BCUT2D eigenvalue weighted by Gasteiger charge is 2.13. The van der Waals surface area contributed by atoms with Crippen molar-refractivity contribution in [3.63, 3.8) is 0 Å². The van der Waals surface area contributed by atoms with Crippen LogP contribution in [0.1, 0.15) is 6.92 Å². The van der Waals surface area contributed by atoms with E-state index in [4.69, 9.17) is 16.3 Å². The quantitative estimate of drug-likeness (QED) is 0.432. The molecule has 3 aromatic rings. The molecule has 1 aromatic heterocycles. The monoisotopic (exact) mass is 377 g/mol. The van der Waals surface area contributed by atoms with E-state index in [1.54, 1.807) is 23.9 Å². The van der Waals surface area contributed by atoms with Crippen LogP contribution in [0.5, 0.6) is 5.75 Å². The Balaban J connectivity index is 1.61. The molecule has 0 unspecified atom stereocenters. The minimum absolute atomic E-state index is 0.271. The van der Waals surface area contributed by atoms with Gasteiger partial charge in [-0.25, -0.2) is 4.39 Å². The summed E-state index contributed by atoms with van der Waals surface area (Å²) in [5, 5.41) is 10.1. The summed E-state index contributed by atoms with van der Waals surface area (Å²) in [5.41, 5.74) is 0.980. The average molecular weight is 378 g/mol. The zero-order chi connectivity index (χ0) is 17.6. The van der Waals surface area contributed by atoms with Crippen LogP contribution in [0.2, 0.25) is 5.02 Å². The Labute approximate surface area is 155 Å². The van der Waals surface area contributed by atoms with Gasteiger partial charge in [0, 0.05) is 22.9 Å². The number of hydrogen-bond donors (Lipinski definition) is 0. The highest BCUT2D eigenvalue weighted by molar-refractivity contribution is 7.99. The highest BCUT2D eigenvalue weighted by Crippen LogP contribution is 2.25. The molecule has 2 aromatic carbocycles. The molecule has 7 heteroatoms. The normalized spacial score (nSPS) is 10.8. The Morgan fingerprint density at radius 3 is 2.48 bits per heavy atom. The molecule has 0 aliphatic rings. The van der Waals surface area contributed by atoms with Gasteiger partial charge in [0.2, 0.25) is 0 Å². The predicted molar refractivity (Wildman–Crippen MR) is 98.8 cm³/mol. The van der Waals surface area contributed by atoms with Crippen LogP contribution in [0, 0.1) is 5.82 Å². The third-order valence-corrected chi connectivity index (χ3v) is 4.72. The molecule has 0 fully saturated rings. The number of halogens is 2. The molecule has 0 saturated carbocycles. The smallest absolute Gasteiger partial charge is 0.191 e. The van der Waals surface area contributed by atoms with Crippen LogP contribution < -0.4 is 4.74 Å². The van der Waals surface area contributed by atoms with Crippen molar-refractivity contribution in [1.29, 1.82) is 0 Å². The second-order valence-corrected chi connectivity index (χ2v) is 6.71. The van der Waals surface area contributed by atoms with Crippen molar-refractivity contribution in [2.24, 2.45) is 0 Å². The van der Waals surface area contributed by atoms with Crippen LogP contribution in [0.15, 0.2) is 53.7 Å². The number of rotatable bonds is 7. The van der Waals surface area contributed by atoms with Crippen molar-refractivity contribution in [1.82, 2.24) is 14.8 Å². The first-order valence-corrected chi connectivity index (χ1v) is 9.24. The molecule has 0 amide bonds. The van der Waals surface area contributed by atoms with Crippen molar-refractivity contribution in [3.8, 4) is 17.1 Å². The Morgan fingerprint density at radius 2 is 1.80 bits per heavy atom. The molecule has 1 heterocycles. The van der Waals surface area contributed by atoms with Crippen LogP contribution in [0.25, 0.3) is 11.4 Å². The van der Waals surface area contributed by atoms with Gasteiger partial charge in [-0.3, -0.25) is 0 Å². The number of thioether (sulfide) groups is 1. The van der Waals surface area contributed by atoms with Crippen molar-refractivity contribution < 1.29 is 9.13 Å². The molecule has 25 heavy (non-hydrogen) atoms. The van der Waals surface area contributed by atoms with E-state index in [9.17, 15) is 4.39 Å². The number of ether oxygens (including phenoxy) is 1. The summed E-state index contributed by atoms with van der Waals surface area (Å²) < 4.78 is 20.5. The van der Waals surface area contributed by atoms with E-state index in [-0.39, 0.29) is 5.82 Å². The zero-order valence-electron chi connectivity index (χ0n) is 13.7. The molecule has 130 valence electrons. The second-order valence-electron chi connectivity index (χ2n) is 5.21. The first-order valence-electron chi connectivity index (χ1n) is 7.87. The van der Waals surface area contributed by atoms with Gasteiger partial charge >= 0.3 is 0 Å². The second kappa shape index (κ2) is 8.36. The molecule has 0 saturated heterocycles. The van der Waals surface area contributed by atoms with Gasteiger partial charge in [-0.1, -0.05) is 23.4 Å². The molecule has 3 rings (SSSR count). The number of benzene rings is 2. The Hall–Kier alpha value is -2.05. The van der Waals surface area contributed by atoms with E-state index in [1.165, 1.54) is 12.1 Å². The van der Waals surface area contributed by atoms with Crippen LogP contribution >= 0.6 is 23.4 Å². The van der Waals surface area contributed by atoms with Crippen LogP contribution in [0.4, 0.5) is 4.39 Å². The number of nitrogens with zero attached hydrogens (tertiary/aromatic N) is 3. The zero-order valence-corrected chi connectivity index (χ0v) is 15.2. The van der Waals surface area contributed by atoms with Crippen LogP contribution in [-0.2, 0) is 6.54 Å². The van der Waals surface area contributed by atoms with Crippen molar-refractivity contribution >= 4 is 23.4 Å². The summed E-state index contributed by atoms with van der Waals surface area (Å²) in [5.74, 6) is 1.92. The van der Waals surface area contributed by atoms with Gasteiger partial charge in [-0.2, -0.15) is 0 Å². The van der Waals surface area contributed by atoms with Crippen molar-refractivity contribution in [3.05, 3.63) is 59.4 Å². The van der Waals surface area contributed by atoms with Crippen molar-refractivity contribution in [2.75, 3.05) is 12.4 Å². The molecule has 0 aliphatic carbocycles. The van der Waals surface area contributed by atoms with Gasteiger partial charge in [0.1, 0.15) is 11.6 Å². The standard InChI is InChI=1S/C18H17ClFN3OS/c1-2-23-17(13-3-5-14(19)6-4-13)21-22-18(23)25-12-11-24-16-9-7-15(20)8-10-16/h3-10H,2,11-12H2,1H3. The molecule has 0 radical (unpaired) electrons. The summed E-state index contributed by atoms with van der Waals surface area (Å²) in [6.07, 6.45) is 0. The number of hydrogen-bond acceptors (Lipinski definition) is 4. The first-order chi connectivity index (χ1) is 12.2. The SMILES string of the molecule is CCn1c(SCCOc2ccc(F)cc2)nnc1-c1ccc(Cl)cc1. The topological polar surface area (TPSA) is 39.9 Å². The maximum Gasteiger partial charge on any atom is 0.191 e. The minimum atomic E-state index is -0.271. The summed E-state index contributed by atoms with van der Waals surface area (Å²) in [6, 6.07) is 13.6. The maximum atomic E-state index is 12.9. The third kappa shape index (κ3) is 4.52.